The maximum Gasteiger partial charge on any atom is 0.270 e. The summed E-state index contributed by atoms with van der Waals surface area (Å²) in [5, 5.41) is 5.65. The first-order chi connectivity index (χ1) is 10.1. The smallest absolute Gasteiger partial charge is 0.270 e. The standard InChI is InChI=1S/C15H18N4O2/c16-12-4-7-1-8(3-11(7)12)14(20)19-10-2-9-5-18-15(21)13(9)17-6-10/h2,6-8,11-12H,1,3-5,16H2,(H,18,21)(H,19,20)/t7-,8?,11-,12+/m0/s1. The third-order valence-corrected chi connectivity index (χ3v) is 5.13. The predicted octanol–water partition coefficient (Wildman–Crippen LogP) is 0.637. The van der Waals surface area contributed by atoms with Crippen molar-refractivity contribution >= 4 is 17.5 Å². The fourth-order valence-electron chi connectivity index (χ4n) is 3.92. The average Bonchev–Trinajstić information content (AvgIpc) is 2.99. The number of carbonyl (C=O) groups excluding carboxylic acids is 2. The van der Waals surface area contributed by atoms with Crippen LogP contribution in [0.2, 0.25) is 0 Å². The van der Waals surface area contributed by atoms with Crippen LogP contribution in [-0.4, -0.2) is 22.8 Å². The SMILES string of the molecule is N[C@@H]1C[C@@H]2CC(C(=O)Nc3cnc4c(c3)CNC4=O)C[C@@H]21. The van der Waals surface area contributed by atoms with E-state index in [0.717, 1.165) is 24.8 Å². The molecule has 1 aliphatic heterocycles. The molecule has 6 heteroatoms. The van der Waals surface area contributed by atoms with Crippen molar-refractivity contribution < 1.29 is 9.59 Å². The lowest BCUT2D eigenvalue weighted by Gasteiger charge is -2.37. The first kappa shape index (κ1) is 12.8. The van der Waals surface area contributed by atoms with Crippen LogP contribution in [0.1, 0.15) is 35.3 Å². The zero-order valence-electron chi connectivity index (χ0n) is 11.6. The fourth-order valence-corrected chi connectivity index (χ4v) is 3.92. The van der Waals surface area contributed by atoms with E-state index in [0.29, 0.717) is 29.8 Å². The zero-order valence-corrected chi connectivity index (χ0v) is 11.6. The van der Waals surface area contributed by atoms with E-state index >= 15 is 0 Å². The van der Waals surface area contributed by atoms with Gasteiger partial charge in [-0.15, -0.1) is 0 Å². The van der Waals surface area contributed by atoms with Gasteiger partial charge in [0.15, 0.2) is 0 Å². The number of pyridine rings is 1. The molecule has 0 saturated heterocycles. The molecule has 4 atom stereocenters. The van der Waals surface area contributed by atoms with Gasteiger partial charge in [-0.25, -0.2) is 4.98 Å². The van der Waals surface area contributed by atoms with Gasteiger partial charge in [0.2, 0.25) is 5.91 Å². The first-order valence-corrected chi connectivity index (χ1v) is 7.45. The number of nitrogens with two attached hydrogens (primary N) is 1. The highest BCUT2D eigenvalue weighted by Gasteiger charge is 2.47. The van der Waals surface area contributed by atoms with Crippen molar-refractivity contribution in [2.24, 2.45) is 23.5 Å². The van der Waals surface area contributed by atoms with Crippen LogP contribution in [0.15, 0.2) is 12.3 Å². The van der Waals surface area contributed by atoms with Gasteiger partial charge in [-0.05, 0) is 37.2 Å². The van der Waals surface area contributed by atoms with Gasteiger partial charge in [-0.3, -0.25) is 9.59 Å². The van der Waals surface area contributed by atoms with E-state index in [1.165, 1.54) is 0 Å². The summed E-state index contributed by atoms with van der Waals surface area (Å²) in [6, 6.07) is 2.11. The largest absolute Gasteiger partial charge is 0.347 e. The highest BCUT2D eigenvalue weighted by molar-refractivity contribution is 5.97. The molecule has 21 heavy (non-hydrogen) atoms. The summed E-state index contributed by atoms with van der Waals surface area (Å²) < 4.78 is 0. The topological polar surface area (TPSA) is 97.1 Å². The molecule has 2 aliphatic carbocycles. The summed E-state index contributed by atoms with van der Waals surface area (Å²) in [5.74, 6) is 1.12. The van der Waals surface area contributed by atoms with E-state index in [4.69, 9.17) is 5.73 Å². The Morgan fingerprint density at radius 2 is 2.24 bits per heavy atom. The summed E-state index contributed by atoms with van der Waals surface area (Å²) in [4.78, 5) is 27.9. The normalized spacial score (nSPS) is 32.9. The third kappa shape index (κ3) is 2.01. The number of hydrogen-bond donors (Lipinski definition) is 3. The molecule has 6 nitrogen and oxygen atoms in total. The molecule has 2 saturated carbocycles. The van der Waals surface area contributed by atoms with E-state index in [1.54, 1.807) is 6.20 Å². The van der Waals surface area contributed by atoms with Gasteiger partial charge >= 0.3 is 0 Å². The van der Waals surface area contributed by atoms with Crippen LogP contribution in [0.4, 0.5) is 5.69 Å². The minimum atomic E-state index is -0.149. The predicted molar refractivity (Wildman–Crippen MR) is 76.3 cm³/mol. The molecule has 110 valence electrons. The van der Waals surface area contributed by atoms with E-state index in [-0.39, 0.29) is 23.8 Å². The number of anilines is 1. The molecule has 4 N–H and O–H groups in total. The van der Waals surface area contributed by atoms with E-state index < -0.39 is 0 Å². The Morgan fingerprint density at radius 1 is 1.38 bits per heavy atom. The van der Waals surface area contributed by atoms with Gasteiger partial charge < -0.3 is 16.4 Å². The first-order valence-electron chi connectivity index (χ1n) is 7.45. The summed E-state index contributed by atoms with van der Waals surface area (Å²) in [6.07, 6.45) is 4.46. The van der Waals surface area contributed by atoms with Crippen LogP contribution >= 0.6 is 0 Å². The molecule has 1 aromatic rings. The number of fused-ring (bicyclic) bond motifs is 2. The van der Waals surface area contributed by atoms with Gasteiger partial charge in [0.05, 0.1) is 11.9 Å². The number of nitrogens with one attached hydrogen (secondary N) is 2. The number of nitrogens with zero attached hydrogens (tertiary/aromatic N) is 1. The lowest BCUT2D eigenvalue weighted by molar-refractivity contribution is -0.119. The molecule has 2 fully saturated rings. The third-order valence-electron chi connectivity index (χ3n) is 5.13. The molecule has 1 aromatic heterocycles. The van der Waals surface area contributed by atoms with Crippen LogP contribution in [0.5, 0.6) is 0 Å². The number of hydrogen-bond acceptors (Lipinski definition) is 4. The summed E-state index contributed by atoms with van der Waals surface area (Å²) in [7, 11) is 0. The Labute approximate surface area is 122 Å². The van der Waals surface area contributed by atoms with Crippen molar-refractivity contribution in [3.05, 3.63) is 23.5 Å². The zero-order chi connectivity index (χ0) is 14.6. The minimum absolute atomic E-state index is 0.0515. The number of aromatic nitrogens is 1. The Hall–Kier alpha value is -1.95. The van der Waals surface area contributed by atoms with E-state index in [9.17, 15) is 9.59 Å². The van der Waals surface area contributed by atoms with Crippen molar-refractivity contribution in [3.8, 4) is 0 Å². The van der Waals surface area contributed by atoms with Crippen molar-refractivity contribution in [3.63, 3.8) is 0 Å². The van der Waals surface area contributed by atoms with Gasteiger partial charge in [0.1, 0.15) is 5.69 Å². The molecule has 0 spiro atoms. The summed E-state index contributed by atoms with van der Waals surface area (Å²) in [6.45, 7) is 0.479. The van der Waals surface area contributed by atoms with Crippen molar-refractivity contribution in [1.82, 2.24) is 10.3 Å². The molecular formula is C15H18N4O2. The monoisotopic (exact) mass is 286 g/mol. The highest BCUT2D eigenvalue weighted by atomic mass is 16.2. The van der Waals surface area contributed by atoms with Crippen molar-refractivity contribution in [1.29, 1.82) is 0 Å². The van der Waals surface area contributed by atoms with Gasteiger partial charge in [-0.1, -0.05) is 0 Å². The number of carbonyl (C=O) groups is 2. The molecule has 2 amide bonds. The lowest BCUT2D eigenvalue weighted by atomic mass is 9.72. The van der Waals surface area contributed by atoms with E-state index in [1.807, 2.05) is 6.07 Å². The summed E-state index contributed by atoms with van der Waals surface area (Å²) in [5.41, 5.74) is 7.93. The second-order valence-corrected chi connectivity index (χ2v) is 6.40. The van der Waals surface area contributed by atoms with Gasteiger partial charge in [-0.2, -0.15) is 0 Å². The fraction of sp³-hybridized carbons (Fsp3) is 0.533. The second kappa shape index (κ2) is 4.53. The van der Waals surface area contributed by atoms with Crippen molar-refractivity contribution in [2.75, 3.05) is 5.32 Å². The molecule has 4 rings (SSSR count). The molecule has 0 radical (unpaired) electrons. The van der Waals surface area contributed by atoms with Crippen LogP contribution < -0.4 is 16.4 Å². The maximum atomic E-state index is 12.3. The van der Waals surface area contributed by atoms with E-state index in [2.05, 4.69) is 15.6 Å². The Bertz CT molecular complexity index is 630. The second-order valence-electron chi connectivity index (χ2n) is 6.40. The molecule has 3 aliphatic rings. The number of amides is 2. The van der Waals surface area contributed by atoms with Crippen LogP contribution in [0.3, 0.4) is 0 Å². The van der Waals surface area contributed by atoms with Crippen molar-refractivity contribution in [2.45, 2.75) is 31.8 Å². The molecule has 1 unspecified atom stereocenters. The van der Waals surface area contributed by atoms with Gasteiger partial charge in [0, 0.05) is 24.1 Å². The lowest BCUT2D eigenvalue weighted by Crippen LogP contribution is -2.44. The molecular weight excluding hydrogens is 268 g/mol. The summed E-state index contributed by atoms with van der Waals surface area (Å²) >= 11 is 0. The minimum Gasteiger partial charge on any atom is -0.347 e. The molecule has 0 aromatic carbocycles. The van der Waals surface area contributed by atoms with Crippen LogP contribution in [-0.2, 0) is 11.3 Å². The van der Waals surface area contributed by atoms with Crippen LogP contribution in [0.25, 0.3) is 0 Å². The maximum absolute atomic E-state index is 12.3. The number of rotatable bonds is 2. The Kier molecular flexibility index (Phi) is 2.75. The Morgan fingerprint density at radius 3 is 3.00 bits per heavy atom. The molecule has 0 bridgehead atoms. The Balaban J connectivity index is 1.44. The average molecular weight is 286 g/mol. The van der Waals surface area contributed by atoms with Gasteiger partial charge in [0.25, 0.3) is 5.91 Å². The highest BCUT2D eigenvalue weighted by Crippen LogP contribution is 2.49. The molecule has 2 heterocycles. The van der Waals surface area contributed by atoms with Crippen LogP contribution in [0, 0.1) is 17.8 Å². The quantitative estimate of drug-likeness (QED) is 0.743.